The first-order chi connectivity index (χ1) is 11.7. The highest BCUT2D eigenvalue weighted by atomic mass is 32.2. The van der Waals surface area contributed by atoms with Gasteiger partial charge in [0.05, 0.1) is 6.10 Å². The Labute approximate surface area is 148 Å². The number of thioether (sulfide) groups is 1. The van der Waals surface area contributed by atoms with Gasteiger partial charge in [-0.1, -0.05) is 6.42 Å². The summed E-state index contributed by atoms with van der Waals surface area (Å²) in [7, 11) is 0. The van der Waals surface area contributed by atoms with Crippen molar-refractivity contribution in [3.05, 3.63) is 30.1 Å². The molecule has 0 radical (unpaired) electrons. The van der Waals surface area contributed by atoms with Gasteiger partial charge in [0.15, 0.2) is 5.96 Å². The van der Waals surface area contributed by atoms with Gasteiger partial charge in [-0.05, 0) is 56.2 Å². The van der Waals surface area contributed by atoms with Crippen molar-refractivity contribution in [3.63, 3.8) is 0 Å². The van der Waals surface area contributed by atoms with E-state index in [0.717, 1.165) is 55.4 Å². The molecule has 1 saturated carbocycles. The lowest BCUT2D eigenvalue weighted by molar-refractivity contribution is 0.136. The standard InChI is InChI=1S/C18H28FN3OS/c1-2-20-18(22-13-14-5-3-6-17(14)23)21-11-4-12-24-16-9-7-15(19)8-10-16/h7-10,14,17,23H,2-6,11-13H2,1H3,(H2,20,21,22). The zero-order valence-electron chi connectivity index (χ0n) is 14.3. The van der Waals surface area contributed by atoms with E-state index in [0.29, 0.717) is 12.5 Å². The first-order valence-corrected chi connectivity index (χ1v) is 9.76. The molecule has 0 aliphatic heterocycles. The molecule has 134 valence electrons. The molecule has 0 amide bonds. The van der Waals surface area contributed by atoms with Crippen LogP contribution in [0.5, 0.6) is 0 Å². The first kappa shape index (κ1) is 19.1. The Morgan fingerprint density at radius 3 is 2.75 bits per heavy atom. The van der Waals surface area contributed by atoms with Crippen LogP contribution in [0.2, 0.25) is 0 Å². The Balaban J connectivity index is 1.66. The number of aliphatic hydroxyl groups is 1. The van der Waals surface area contributed by atoms with Crippen LogP contribution < -0.4 is 10.6 Å². The molecule has 0 heterocycles. The number of guanidine groups is 1. The number of aliphatic imine (C=N–C) groups is 1. The molecular weight excluding hydrogens is 325 g/mol. The lowest BCUT2D eigenvalue weighted by atomic mass is 10.1. The first-order valence-electron chi connectivity index (χ1n) is 8.77. The van der Waals surface area contributed by atoms with Crippen molar-refractivity contribution in [1.29, 1.82) is 0 Å². The van der Waals surface area contributed by atoms with Crippen molar-refractivity contribution < 1.29 is 9.50 Å². The fraction of sp³-hybridized carbons (Fsp3) is 0.611. The van der Waals surface area contributed by atoms with Gasteiger partial charge < -0.3 is 15.7 Å². The summed E-state index contributed by atoms with van der Waals surface area (Å²) >= 11 is 1.73. The van der Waals surface area contributed by atoms with E-state index in [4.69, 9.17) is 0 Å². The maximum absolute atomic E-state index is 12.8. The number of halogens is 1. The van der Waals surface area contributed by atoms with E-state index in [1.807, 2.05) is 19.1 Å². The van der Waals surface area contributed by atoms with E-state index in [1.54, 1.807) is 11.8 Å². The minimum atomic E-state index is -0.195. The van der Waals surface area contributed by atoms with E-state index >= 15 is 0 Å². The third-order valence-electron chi connectivity index (χ3n) is 4.14. The molecule has 1 aliphatic carbocycles. The molecule has 1 aromatic rings. The van der Waals surface area contributed by atoms with Crippen LogP contribution in [0.15, 0.2) is 34.2 Å². The molecule has 0 aromatic heterocycles. The van der Waals surface area contributed by atoms with Crippen molar-refractivity contribution in [3.8, 4) is 0 Å². The van der Waals surface area contributed by atoms with Crippen LogP contribution in [0.4, 0.5) is 4.39 Å². The average molecular weight is 354 g/mol. The molecule has 24 heavy (non-hydrogen) atoms. The normalized spacial score (nSPS) is 21.0. The van der Waals surface area contributed by atoms with Crippen LogP contribution in [-0.4, -0.2) is 42.6 Å². The van der Waals surface area contributed by atoms with Crippen molar-refractivity contribution in [1.82, 2.24) is 10.6 Å². The number of benzene rings is 1. The van der Waals surface area contributed by atoms with Crippen molar-refractivity contribution in [2.45, 2.75) is 43.6 Å². The third-order valence-corrected chi connectivity index (χ3v) is 5.24. The summed E-state index contributed by atoms with van der Waals surface area (Å²) in [6.45, 7) is 4.39. The SMILES string of the molecule is CCNC(=NCC1CCCC1O)NCCCSc1ccc(F)cc1. The number of nitrogens with zero attached hydrogens (tertiary/aromatic N) is 1. The second-order valence-electron chi connectivity index (χ2n) is 6.06. The monoisotopic (exact) mass is 353 g/mol. The zero-order valence-corrected chi connectivity index (χ0v) is 15.1. The predicted molar refractivity (Wildman–Crippen MR) is 99.1 cm³/mol. The molecule has 4 nitrogen and oxygen atoms in total. The highest BCUT2D eigenvalue weighted by Crippen LogP contribution is 2.25. The summed E-state index contributed by atoms with van der Waals surface area (Å²) in [4.78, 5) is 5.69. The topological polar surface area (TPSA) is 56.7 Å². The van der Waals surface area contributed by atoms with Gasteiger partial charge in [0, 0.05) is 30.4 Å². The highest BCUT2D eigenvalue weighted by Gasteiger charge is 2.24. The van der Waals surface area contributed by atoms with Gasteiger partial charge in [0.1, 0.15) is 5.82 Å². The molecule has 6 heteroatoms. The van der Waals surface area contributed by atoms with E-state index in [1.165, 1.54) is 12.1 Å². The fourth-order valence-electron chi connectivity index (χ4n) is 2.78. The molecule has 2 atom stereocenters. The van der Waals surface area contributed by atoms with Crippen LogP contribution in [0.25, 0.3) is 0 Å². The molecule has 0 spiro atoms. The Kier molecular flexibility index (Phi) is 8.39. The Morgan fingerprint density at radius 2 is 2.08 bits per heavy atom. The maximum Gasteiger partial charge on any atom is 0.191 e. The number of hydrogen-bond donors (Lipinski definition) is 3. The molecule has 1 aliphatic rings. The smallest absolute Gasteiger partial charge is 0.191 e. The molecule has 3 N–H and O–H groups in total. The molecule has 0 saturated heterocycles. The molecule has 2 rings (SSSR count). The minimum Gasteiger partial charge on any atom is -0.393 e. The van der Waals surface area contributed by atoms with Crippen molar-refractivity contribution in [2.24, 2.45) is 10.9 Å². The van der Waals surface area contributed by atoms with Crippen LogP contribution in [0.3, 0.4) is 0 Å². The number of nitrogens with one attached hydrogen (secondary N) is 2. The van der Waals surface area contributed by atoms with Crippen LogP contribution >= 0.6 is 11.8 Å². The second kappa shape index (κ2) is 10.6. The summed E-state index contributed by atoms with van der Waals surface area (Å²) in [6.07, 6.45) is 3.89. The van der Waals surface area contributed by atoms with E-state index in [9.17, 15) is 9.50 Å². The summed E-state index contributed by atoms with van der Waals surface area (Å²) < 4.78 is 12.8. The molecular formula is C18H28FN3OS. The van der Waals surface area contributed by atoms with Gasteiger partial charge >= 0.3 is 0 Å². The molecule has 2 unspecified atom stereocenters. The van der Waals surface area contributed by atoms with E-state index in [-0.39, 0.29) is 11.9 Å². The lowest BCUT2D eigenvalue weighted by Gasteiger charge is -2.14. The lowest BCUT2D eigenvalue weighted by Crippen LogP contribution is -2.38. The Morgan fingerprint density at radius 1 is 1.29 bits per heavy atom. The molecule has 0 bridgehead atoms. The summed E-state index contributed by atoms with van der Waals surface area (Å²) in [5, 5.41) is 16.5. The third kappa shape index (κ3) is 6.69. The second-order valence-corrected chi connectivity index (χ2v) is 7.23. The summed E-state index contributed by atoms with van der Waals surface area (Å²) in [5.74, 6) is 1.90. The largest absolute Gasteiger partial charge is 0.393 e. The predicted octanol–water partition coefficient (Wildman–Crippen LogP) is 3.02. The highest BCUT2D eigenvalue weighted by molar-refractivity contribution is 7.99. The van der Waals surface area contributed by atoms with Crippen LogP contribution in [0, 0.1) is 11.7 Å². The van der Waals surface area contributed by atoms with Crippen molar-refractivity contribution >= 4 is 17.7 Å². The number of aliphatic hydroxyl groups excluding tert-OH is 1. The zero-order chi connectivity index (χ0) is 17.2. The van der Waals surface area contributed by atoms with E-state index in [2.05, 4.69) is 15.6 Å². The Bertz CT molecular complexity index is 509. The fourth-order valence-corrected chi connectivity index (χ4v) is 3.63. The summed E-state index contributed by atoms with van der Waals surface area (Å²) in [5.41, 5.74) is 0. The van der Waals surface area contributed by atoms with Gasteiger partial charge in [0.2, 0.25) is 0 Å². The maximum atomic E-state index is 12.8. The van der Waals surface area contributed by atoms with E-state index < -0.39 is 0 Å². The Hall–Kier alpha value is -1.27. The number of hydrogen-bond acceptors (Lipinski definition) is 3. The van der Waals surface area contributed by atoms with Gasteiger partial charge in [-0.25, -0.2) is 4.39 Å². The number of rotatable bonds is 8. The van der Waals surface area contributed by atoms with Crippen molar-refractivity contribution in [2.75, 3.05) is 25.4 Å². The van der Waals surface area contributed by atoms with Gasteiger partial charge in [0.25, 0.3) is 0 Å². The minimum absolute atomic E-state index is 0.191. The van der Waals surface area contributed by atoms with Crippen LogP contribution in [0.1, 0.15) is 32.6 Å². The van der Waals surface area contributed by atoms with Gasteiger partial charge in [-0.3, -0.25) is 4.99 Å². The molecule has 1 aromatic carbocycles. The van der Waals surface area contributed by atoms with Crippen LogP contribution in [-0.2, 0) is 0 Å². The molecule has 1 fully saturated rings. The summed E-state index contributed by atoms with van der Waals surface area (Å²) in [6, 6.07) is 6.61. The quantitative estimate of drug-likeness (QED) is 0.291. The van der Waals surface area contributed by atoms with Gasteiger partial charge in [-0.2, -0.15) is 0 Å². The average Bonchev–Trinajstić information content (AvgIpc) is 2.99. The van der Waals surface area contributed by atoms with Gasteiger partial charge in [-0.15, -0.1) is 11.8 Å².